The van der Waals surface area contributed by atoms with Crippen molar-refractivity contribution in [1.29, 1.82) is 0 Å². The molecule has 0 aromatic rings. The van der Waals surface area contributed by atoms with Gasteiger partial charge in [-0.1, -0.05) is 13.5 Å². The number of rotatable bonds is 3. The smallest absolute Gasteiger partial charge is 0.0130 e. The first-order chi connectivity index (χ1) is 2.91. The van der Waals surface area contributed by atoms with Gasteiger partial charge in [0.15, 0.2) is 0 Å². The third kappa shape index (κ3) is 4.09. The summed E-state index contributed by atoms with van der Waals surface area (Å²) in [6.45, 7) is 5.58. The molecule has 0 aromatic heterocycles. The molecule has 0 atom stereocenters. The van der Waals surface area contributed by atoms with Crippen molar-refractivity contribution in [3.8, 4) is 0 Å². The first-order valence-corrected chi connectivity index (χ1v) is 3.04. The molecule has 1 heteroatoms. The van der Waals surface area contributed by atoms with Crippen molar-refractivity contribution >= 4 is 11.8 Å². The minimum Gasteiger partial charge on any atom is -0.126 e. The van der Waals surface area contributed by atoms with E-state index in [1.54, 1.807) is 11.8 Å². The molecule has 0 saturated carbocycles. The lowest BCUT2D eigenvalue weighted by atomic mass is 10.6. The summed E-state index contributed by atoms with van der Waals surface area (Å²) in [7, 11) is 0. The summed E-state index contributed by atoms with van der Waals surface area (Å²) in [6.07, 6.45) is 1.22. The van der Waals surface area contributed by atoms with Crippen molar-refractivity contribution in [3.05, 3.63) is 12.0 Å². The minimum atomic E-state index is 1.16. The molecular formula is C5H9S. The molecule has 0 amide bonds. The van der Waals surface area contributed by atoms with Gasteiger partial charge in [0, 0.05) is 5.41 Å². The van der Waals surface area contributed by atoms with E-state index in [0.717, 1.165) is 5.75 Å². The standard InChI is InChI=1S/C5H9S/c1-3-5-6-4-2/h2-3,5H2,1H3. The Morgan fingerprint density at radius 3 is 2.67 bits per heavy atom. The Morgan fingerprint density at radius 2 is 2.50 bits per heavy atom. The van der Waals surface area contributed by atoms with Gasteiger partial charge < -0.3 is 0 Å². The summed E-state index contributed by atoms with van der Waals surface area (Å²) in [5, 5.41) is 2.74. The third-order valence-corrected chi connectivity index (χ3v) is 1.22. The fourth-order valence-electron chi connectivity index (χ4n) is 0.174. The minimum absolute atomic E-state index is 1.16. The lowest BCUT2D eigenvalue weighted by molar-refractivity contribution is 1.11. The molecule has 0 spiro atoms. The number of hydrogen-bond acceptors (Lipinski definition) is 1. The van der Waals surface area contributed by atoms with Crippen LogP contribution in [-0.2, 0) is 0 Å². The summed E-state index contributed by atoms with van der Waals surface area (Å²) in [5.41, 5.74) is 0. The maximum Gasteiger partial charge on any atom is 0.0130 e. The zero-order valence-corrected chi connectivity index (χ0v) is 4.85. The van der Waals surface area contributed by atoms with Gasteiger partial charge in [0.05, 0.1) is 0 Å². The lowest BCUT2D eigenvalue weighted by Gasteiger charge is -1.81. The van der Waals surface area contributed by atoms with Crippen LogP contribution in [0.1, 0.15) is 13.3 Å². The van der Waals surface area contributed by atoms with Crippen molar-refractivity contribution < 1.29 is 0 Å². The van der Waals surface area contributed by atoms with E-state index in [0.29, 0.717) is 0 Å². The molecule has 6 heavy (non-hydrogen) atoms. The van der Waals surface area contributed by atoms with Crippen LogP contribution in [0.2, 0.25) is 0 Å². The van der Waals surface area contributed by atoms with Gasteiger partial charge in [-0.05, 0) is 12.2 Å². The first kappa shape index (κ1) is 6.09. The van der Waals surface area contributed by atoms with Crippen LogP contribution in [0.3, 0.4) is 0 Å². The Labute approximate surface area is 43.6 Å². The van der Waals surface area contributed by atoms with Gasteiger partial charge in [0.1, 0.15) is 0 Å². The second-order valence-electron chi connectivity index (χ2n) is 0.993. The quantitative estimate of drug-likeness (QED) is 0.490. The summed E-state index contributed by atoms with van der Waals surface area (Å²) in [4.78, 5) is 0. The lowest BCUT2D eigenvalue weighted by Crippen LogP contribution is -1.64. The van der Waals surface area contributed by atoms with E-state index in [2.05, 4.69) is 18.9 Å². The van der Waals surface area contributed by atoms with Gasteiger partial charge in [0.2, 0.25) is 0 Å². The van der Waals surface area contributed by atoms with Crippen LogP contribution in [0.4, 0.5) is 0 Å². The summed E-state index contributed by atoms with van der Waals surface area (Å²) in [6, 6.07) is 0. The van der Waals surface area contributed by atoms with Gasteiger partial charge in [-0.15, -0.1) is 11.8 Å². The molecule has 0 unspecified atom stereocenters. The molecule has 0 nitrogen and oxygen atoms in total. The van der Waals surface area contributed by atoms with E-state index in [-0.39, 0.29) is 0 Å². The van der Waals surface area contributed by atoms with Gasteiger partial charge in [0.25, 0.3) is 0 Å². The Morgan fingerprint density at radius 1 is 1.83 bits per heavy atom. The highest BCUT2D eigenvalue weighted by Gasteiger charge is 1.72. The Bertz CT molecular complexity index is 32.9. The van der Waals surface area contributed by atoms with Crippen molar-refractivity contribution in [2.24, 2.45) is 0 Å². The Kier molecular flexibility index (Phi) is 5.17. The molecule has 0 heterocycles. The molecular weight excluding hydrogens is 92.1 g/mol. The summed E-state index contributed by atoms with van der Waals surface area (Å²) < 4.78 is 0. The van der Waals surface area contributed by atoms with Crippen LogP contribution in [0.5, 0.6) is 0 Å². The van der Waals surface area contributed by atoms with Gasteiger partial charge in [-0.3, -0.25) is 0 Å². The fraction of sp³-hybridized carbons (Fsp3) is 0.600. The first-order valence-electron chi connectivity index (χ1n) is 2.05. The van der Waals surface area contributed by atoms with Crippen LogP contribution in [0.15, 0.2) is 6.58 Å². The predicted molar refractivity (Wildman–Crippen MR) is 31.6 cm³/mol. The second-order valence-corrected chi connectivity index (χ2v) is 1.98. The second kappa shape index (κ2) is 5.09. The number of thioether (sulfide) groups is 1. The highest BCUT2D eigenvalue weighted by Crippen LogP contribution is 1.98. The molecule has 0 aliphatic carbocycles. The van der Waals surface area contributed by atoms with E-state index in [9.17, 15) is 0 Å². The molecule has 0 aromatic carbocycles. The van der Waals surface area contributed by atoms with E-state index < -0.39 is 0 Å². The van der Waals surface area contributed by atoms with Crippen molar-refractivity contribution in [2.75, 3.05) is 5.75 Å². The van der Waals surface area contributed by atoms with E-state index >= 15 is 0 Å². The van der Waals surface area contributed by atoms with Crippen LogP contribution in [0, 0.1) is 5.41 Å². The molecule has 0 aliphatic rings. The average Bonchev–Trinajstić information content (AvgIpc) is 1.61. The van der Waals surface area contributed by atoms with Gasteiger partial charge >= 0.3 is 0 Å². The molecule has 0 fully saturated rings. The topological polar surface area (TPSA) is 0 Å². The van der Waals surface area contributed by atoms with Crippen molar-refractivity contribution in [1.82, 2.24) is 0 Å². The molecule has 0 N–H and O–H groups in total. The Hall–Kier alpha value is 0.0900. The highest BCUT2D eigenvalue weighted by atomic mass is 32.2. The van der Waals surface area contributed by atoms with Crippen LogP contribution in [0.25, 0.3) is 0 Å². The van der Waals surface area contributed by atoms with E-state index in [1.165, 1.54) is 6.42 Å². The van der Waals surface area contributed by atoms with E-state index in [4.69, 9.17) is 0 Å². The molecule has 35 valence electrons. The van der Waals surface area contributed by atoms with Crippen molar-refractivity contribution in [2.45, 2.75) is 13.3 Å². The van der Waals surface area contributed by atoms with Crippen LogP contribution >= 0.6 is 11.8 Å². The predicted octanol–water partition coefficient (Wildman–Crippen LogP) is 2.08. The number of hydrogen-bond donors (Lipinski definition) is 0. The molecule has 1 radical (unpaired) electrons. The zero-order chi connectivity index (χ0) is 4.83. The van der Waals surface area contributed by atoms with Crippen LogP contribution in [-0.4, -0.2) is 5.75 Å². The molecule has 0 saturated heterocycles. The molecule has 0 bridgehead atoms. The summed E-state index contributed by atoms with van der Waals surface area (Å²) >= 11 is 1.65. The maximum absolute atomic E-state index is 3.44. The zero-order valence-electron chi connectivity index (χ0n) is 4.03. The molecule has 0 rings (SSSR count). The summed E-state index contributed by atoms with van der Waals surface area (Å²) in [5.74, 6) is 1.16. The largest absolute Gasteiger partial charge is 0.126 e. The Balaban J connectivity index is 2.49. The fourth-order valence-corrected chi connectivity index (χ4v) is 0.523. The average molecular weight is 101 g/mol. The van der Waals surface area contributed by atoms with E-state index in [1.807, 2.05) is 0 Å². The molecule has 0 aliphatic heterocycles. The van der Waals surface area contributed by atoms with Crippen LogP contribution < -0.4 is 0 Å². The van der Waals surface area contributed by atoms with Crippen molar-refractivity contribution in [3.63, 3.8) is 0 Å². The maximum atomic E-state index is 3.44. The van der Waals surface area contributed by atoms with Gasteiger partial charge in [-0.25, -0.2) is 0 Å². The monoisotopic (exact) mass is 101 g/mol. The SMILES string of the molecule is C=[C]SCCC. The third-order valence-electron chi connectivity index (χ3n) is 0.408. The highest BCUT2D eigenvalue weighted by molar-refractivity contribution is 8.00. The normalized spacial score (nSPS) is 8.17. The van der Waals surface area contributed by atoms with Gasteiger partial charge in [-0.2, -0.15) is 0 Å².